The molecule has 1 atom stereocenters. The summed E-state index contributed by atoms with van der Waals surface area (Å²) in [6.45, 7) is 6.35. The fourth-order valence-electron chi connectivity index (χ4n) is 2.57. The molecule has 18 heavy (non-hydrogen) atoms. The summed E-state index contributed by atoms with van der Waals surface area (Å²) < 4.78 is 13.0. The molecule has 0 bridgehead atoms. The Labute approximate surface area is 109 Å². The van der Waals surface area contributed by atoms with Gasteiger partial charge in [-0.15, -0.1) is 0 Å². The highest BCUT2D eigenvalue weighted by atomic mass is 19.1. The van der Waals surface area contributed by atoms with Gasteiger partial charge in [-0.1, -0.05) is 6.07 Å². The van der Waals surface area contributed by atoms with Gasteiger partial charge in [0.05, 0.1) is 0 Å². The molecule has 100 valence electrons. The highest BCUT2D eigenvalue weighted by Gasteiger charge is 2.11. The van der Waals surface area contributed by atoms with Gasteiger partial charge in [0.1, 0.15) is 5.82 Å². The molecule has 0 aromatic heterocycles. The van der Waals surface area contributed by atoms with Crippen molar-refractivity contribution in [1.29, 1.82) is 0 Å². The maximum absolute atomic E-state index is 13.0. The third-order valence-corrected chi connectivity index (χ3v) is 3.71. The fraction of sp³-hybridized carbons (Fsp3) is 0.600. The summed E-state index contributed by atoms with van der Waals surface area (Å²) in [5.74, 6) is 0.630. The maximum atomic E-state index is 13.0. The van der Waals surface area contributed by atoms with Crippen LogP contribution in [0, 0.1) is 18.7 Å². The van der Waals surface area contributed by atoms with Gasteiger partial charge in [-0.3, -0.25) is 0 Å². The SMILES string of the molecule is Cc1cc(F)ccc1CCNCC1CCCNC1. The molecule has 2 rings (SSSR count). The van der Waals surface area contributed by atoms with E-state index < -0.39 is 0 Å². The van der Waals surface area contributed by atoms with Crippen LogP contribution in [-0.4, -0.2) is 26.2 Å². The topological polar surface area (TPSA) is 24.1 Å². The Morgan fingerprint density at radius 1 is 1.44 bits per heavy atom. The summed E-state index contributed by atoms with van der Waals surface area (Å²) in [5, 5.41) is 6.94. The quantitative estimate of drug-likeness (QED) is 0.783. The Morgan fingerprint density at radius 2 is 2.33 bits per heavy atom. The molecule has 0 spiro atoms. The highest BCUT2D eigenvalue weighted by molar-refractivity contribution is 5.26. The van der Waals surface area contributed by atoms with Crippen LogP contribution < -0.4 is 10.6 Å². The van der Waals surface area contributed by atoms with Crippen LogP contribution in [0.3, 0.4) is 0 Å². The molecule has 3 heteroatoms. The van der Waals surface area contributed by atoms with Crippen LogP contribution in [0.5, 0.6) is 0 Å². The lowest BCUT2D eigenvalue weighted by Gasteiger charge is -2.23. The summed E-state index contributed by atoms with van der Waals surface area (Å²) in [6, 6.07) is 5.06. The van der Waals surface area contributed by atoms with Crippen molar-refractivity contribution in [2.45, 2.75) is 26.2 Å². The van der Waals surface area contributed by atoms with E-state index in [9.17, 15) is 4.39 Å². The van der Waals surface area contributed by atoms with E-state index in [0.717, 1.165) is 37.5 Å². The molecule has 0 amide bonds. The molecular formula is C15H23FN2. The van der Waals surface area contributed by atoms with E-state index in [0.29, 0.717) is 0 Å². The number of nitrogens with one attached hydrogen (secondary N) is 2. The first-order valence-corrected chi connectivity index (χ1v) is 6.92. The first kappa shape index (κ1) is 13.5. The molecule has 1 saturated heterocycles. The van der Waals surface area contributed by atoms with E-state index in [2.05, 4.69) is 10.6 Å². The Balaban J connectivity index is 1.68. The lowest BCUT2D eigenvalue weighted by molar-refractivity contribution is 0.361. The molecule has 2 nitrogen and oxygen atoms in total. The summed E-state index contributed by atoms with van der Waals surface area (Å²) in [7, 11) is 0. The van der Waals surface area contributed by atoms with Crippen LogP contribution in [-0.2, 0) is 6.42 Å². The normalized spacial score (nSPS) is 20.0. The first-order chi connectivity index (χ1) is 8.75. The molecule has 0 aliphatic carbocycles. The van der Waals surface area contributed by atoms with Gasteiger partial charge in [-0.25, -0.2) is 4.39 Å². The largest absolute Gasteiger partial charge is 0.316 e. The van der Waals surface area contributed by atoms with Crippen molar-refractivity contribution in [3.63, 3.8) is 0 Å². The van der Waals surface area contributed by atoms with Gasteiger partial charge in [0.2, 0.25) is 0 Å². The number of hydrogen-bond acceptors (Lipinski definition) is 2. The zero-order chi connectivity index (χ0) is 12.8. The number of piperidine rings is 1. The second kappa shape index (κ2) is 6.86. The Morgan fingerprint density at radius 3 is 3.06 bits per heavy atom. The zero-order valence-electron chi connectivity index (χ0n) is 11.1. The van der Waals surface area contributed by atoms with Gasteiger partial charge >= 0.3 is 0 Å². The molecular weight excluding hydrogens is 227 g/mol. The van der Waals surface area contributed by atoms with Crippen molar-refractivity contribution in [3.05, 3.63) is 35.1 Å². The summed E-state index contributed by atoms with van der Waals surface area (Å²) in [5.41, 5.74) is 2.29. The van der Waals surface area contributed by atoms with Crippen LogP contribution in [0.15, 0.2) is 18.2 Å². The van der Waals surface area contributed by atoms with Gasteiger partial charge in [-0.2, -0.15) is 0 Å². The van der Waals surface area contributed by atoms with Gasteiger partial charge in [0, 0.05) is 0 Å². The molecule has 0 radical (unpaired) electrons. The van der Waals surface area contributed by atoms with Gasteiger partial charge in [0.15, 0.2) is 0 Å². The van der Waals surface area contributed by atoms with Gasteiger partial charge < -0.3 is 10.6 Å². The lowest BCUT2D eigenvalue weighted by atomic mass is 9.99. The third-order valence-electron chi connectivity index (χ3n) is 3.71. The molecule has 1 fully saturated rings. The molecule has 2 N–H and O–H groups in total. The van der Waals surface area contributed by atoms with Crippen LogP contribution >= 0.6 is 0 Å². The molecule has 1 aliphatic heterocycles. The lowest BCUT2D eigenvalue weighted by Crippen LogP contribution is -2.36. The summed E-state index contributed by atoms with van der Waals surface area (Å²) >= 11 is 0. The minimum atomic E-state index is -0.141. The second-order valence-corrected chi connectivity index (χ2v) is 5.24. The summed E-state index contributed by atoms with van der Waals surface area (Å²) in [6.07, 6.45) is 3.60. The predicted octanol–water partition coefficient (Wildman–Crippen LogP) is 2.27. The minimum Gasteiger partial charge on any atom is -0.316 e. The van der Waals surface area contributed by atoms with Gasteiger partial charge in [0.25, 0.3) is 0 Å². The number of halogens is 1. The summed E-state index contributed by atoms with van der Waals surface area (Å²) in [4.78, 5) is 0. The Kier molecular flexibility index (Phi) is 5.14. The Hall–Kier alpha value is -0.930. The average molecular weight is 250 g/mol. The Bertz CT molecular complexity index is 373. The van der Waals surface area contributed by atoms with Crippen molar-refractivity contribution in [1.82, 2.24) is 10.6 Å². The van der Waals surface area contributed by atoms with Gasteiger partial charge in [-0.05, 0) is 81.5 Å². The second-order valence-electron chi connectivity index (χ2n) is 5.24. The van der Waals surface area contributed by atoms with E-state index in [1.165, 1.54) is 24.9 Å². The minimum absolute atomic E-state index is 0.141. The maximum Gasteiger partial charge on any atom is 0.123 e. The standard InChI is InChI=1S/C15H23FN2/c1-12-9-15(16)5-4-14(12)6-8-18-11-13-3-2-7-17-10-13/h4-5,9,13,17-18H,2-3,6-8,10-11H2,1H3. The third kappa shape index (κ3) is 4.07. The fourth-order valence-corrected chi connectivity index (χ4v) is 2.57. The molecule has 1 aliphatic rings. The highest BCUT2D eigenvalue weighted by Crippen LogP contribution is 2.11. The van der Waals surface area contributed by atoms with E-state index in [1.807, 2.05) is 13.0 Å². The van der Waals surface area contributed by atoms with Crippen LogP contribution in [0.25, 0.3) is 0 Å². The van der Waals surface area contributed by atoms with Crippen LogP contribution in [0.1, 0.15) is 24.0 Å². The van der Waals surface area contributed by atoms with E-state index >= 15 is 0 Å². The number of rotatable bonds is 5. The van der Waals surface area contributed by atoms with Crippen molar-refractivity contribution >= 4 is 0 Å². The first-order valence-electron chi connectivity index (χ1n) is 6.92. The van der Waals surface area contributed by atoms with Crippen molar-refractivity contribution in [2.75, 3.05) is 26.2 Å². The molecule has 1 heterocycles. The van der Waals surface area contributed by atoms with E-state index in [1.54, 1.807) is 12.1 Å². The molecule has 0 saturated carbocycles. The monoisotopic (exact) mass is 250 g/mol. The van der Waals surface area contributed by atoms with E-state index in [-0.39, 0.29) is 5.82 Å². The predicted molar refractivity (Wildman–Crippen MR) is 73.3 cm³/mol. The number of aryl methyl sites for hydroxylation is 1. The molecule has 1 aromatic rings. The average Bonchev–Trinajstić information content (AvgIpc) is 2.38. The van der Waals surface area contributed by atoms with E-state index in [4.69, 9.17) is 0 Å². The molecule has 1 unspecified atom stereocenters. The number of hydrogen-bond donors (Lipinski definition) is 2. The van der Waals surface area contributed by atoms with Crippen molar-refractivity contribution in [3.8, 4) is 0 Å². The van der Waals surface area contributed by atoms with Crippen LogP contribution in [0.2, 0.25) is 0 Å². The number of benzene rings is 1. The smallest absolute Gasteiger partial charge is 0.123 e. The zero-order valence-corrected chi connectivity index (χ0v) is 11.1. The molecule has 1 aromatic carbocycles. The van der Waals surface area contributed by atoms with Crippen molar-refractivity contribution < 1.29 is 4.39 Å². The van der Waals surface area contributed by atoms with Crippen molar-refractivity contribution in [2.24, 2.45) is 5.92 Å². The van der Waals surface area contributed by atoms with Crippen LogP contribution in [0.4, 0.5) is 4.39 Å².